The van der Waals surface area contributed by atoms with Crippen LogP contribution in [0.2, 0.25) is 5.04 Å². The maximum absolute atomic E-state index is 12.9. The second kappa shape index (κ2) is 9.92. The van der Waals surface area contributed by atoms with E-state index in [1.807, 2.05) is 60.7 Å². The van der Waals surface area contributed by atoms with Crippen LogP contribution in [0, 0.1) is 5.92 Å². The van der Waals surface area contributed by atoms with Gasteiger partial charge in [0.1, 0.15) is 11.6 Å². The summed E-state index contributed by atoms with van der Waals surface area (Å²) in [5, 5.41) is 1.40. The Morgan fingerprint density at radius 2 is 1.47 bits per heavy atom. The normalized spacial score (nSPS) is 19.1. The van der Waals surface area contributed by atoms with Crippen molar-refractivity contribution < 1.29 is 23.9 Å². The predicted octanol–water partition coefficient (Wildman–Crippen LogP) is 3.71. The number of esters is 1. The van der Waals surface area contributed by atoms with E-state index in [0.29, 0.717) is 19.4 Å². The Balaban J connectivity index is 1.92. The topological polar surface area (TPSA) is 76.1 Å². The molecule has 34 heavy (non-hydrogen) atoms. The summed E-state index contributed by atoms with van der Waals surface area (Å²) in [5.41, 5.74) is -0.664. The zero-order chi connectivity index (χ0) is 25.1. The number of hydrogen-bond donors (Lipinski definition) is 1. The third kappa shape index (κ3) is 5.36. The van der Waals surface area contributed by atoms with Gasteiger partial charge >= 0.3 is 12.1 Å². The number of likely N-dealkylation sites (tertiary alicyclic amines) is 1. The maximum atomic E-state index is 12.9. The first kappa shape index (κ1) is 26.0. The molecule has 0 aliphatic carbocycles. The Morgan fingerprint density at radius 3 is 1.91 bits per heavy atom. The average molecular weight is 484 g/mol. The number of carbonyl (C=O) groups is 2. The summed E-state index contributed by atoms with van der Waals surface area (Å²) in [4.78, 5) is 39.4. The molecule has 1 heterocycles. The predicted molar refractivity (Wildman–Crippen MR) is 136 cm³/mol. The van der Waals surface area contributed by atoms with Crippen LogP contribution in [0.5, 0.6) is 0 Å². The molecule has 1 N–H and O–H groups in total. The Morgan fingerprint density at radius 1 is 0.971 bits per heavy atom. The van der Waals surface area contributed by atoms with E-state index in [1.54, 1.807) is 20.8 Å². The third-order valence-electron chi connectivity index (χ3n) is 6.65. The summed E-state index contributed by atoms with van der Waals surface area (Å²) in [7, 11) is -1.86. The minimum Gasteiger partial charge on any atom is -0.467 e. The molecule has 7 heteroatoms. The van der Waals surface area contributed by atoms with Crippen molar-refractivity contribution in [2.45, 2.75) is 64.1 Å². The van der Waals surface area contributed by atoms with E-state index in [4.69, 9.17) is 9.47 Å². The number of benzene rings is 2. The molecule has 0 spiro atoms. The van der Waals surface area contributed by atoms with E-state index >= 15 is 0 Å². The molecule has 0 radical (unpaired) electrons. The molecule has 2 aromatic carbocycles. The minimum atomic E-state index is -3.19. The van der Waals surface area contributed by atoms with Gasteiger partial charge in [-0.1, -0.05) is 74.5 Å². The first-order valence-corrected chi connectivity index (χ1v) is 13.7. The second-order valence-corrected chi connectivity index (χ2v) is 14.7. The lowest BCUT2D eigenvalue weighted by atomic mass is 9.94. The molecule has 1 fully saturated rings. The molecule has 2 aromatic rings. The van der Waals surface area contributed by atoms with Gasteiger partial charge in [-0.2, -0.15) is 0 Å². The van der Waals surface area contributed by atoms with Crippen LogP contribution >= 0.6 is 0 Å². The number of carbonyl (C=O) groups excluding carboxylic acids is 2. The molecule has 6 nitrogen and oxygen atoms in total. The molecule has 2 atom stereocenters. The highest BCUT2D eigenvalue weighted by atomic mass is 28.4. The summed E-state index contributed by atoms with van der Waals surface area (Å²) in [6.07, 6.45) is 0.609. The quantitative estimate of drug-likeness (QED) is 0.501. The largest absolute Gasteiger partial charge is 0.467 e. The third-order valence-corrected chi connectivity index (χ3v) is 11.2. The molecule has 1 saturated heterocycles. The van der Waals surface area contributed by atoms with Crippen LogP contribution < -0.4 is 10.4 Å². The lowest BCUT2D eigenvalue weighted by molar-refractivity contribution is -0.145. The van der Waals surface area contributed by atoms with Gasteiger partial charge in [0.25, 0.3) is 8.32 Å². The van der Waals surface area contributed by atoms with Crippen molar-refractivity contribution >= 4 is 30.8 Å². The van der Waals surface area contributed by atoms with Crippen molar-refractivity contribution in [3.8, 4) is 0 Å². The molecular weight excluding hydrogens is 446 g/mol. The summed E-state index contributed by atoms with van der Waals surface area (Å²) in [5.74, 6) is -0.428. The fourth-order valence-corrected chi connectivity index (χ4v) is 8.96. The summed E-state index contributed by atoms with van der Waals surface area (Å²) >= 11 is 0. The van der Waals surface area contributed by atoms with E-state index in [2.05, 4.69) is 13.8 Å². The first-order valence-electron chi connectivity index (χ1n) is 11.8. The summed E-state index contributed by atoms with van der Waals surface area (Å²) < 4.78 is 10.6. The van der Waals surface area contributed by atoms with Crippen LogP contribution in [-0.4, -0.2) is 55.4 Å². The van der Waals surface area contributed by atoms with Crippen LogP contribution in [-0.2, 0) is 14.3 Å². The van der Waals surface area contributed by atoms with Gasteiger partial charge in [-0.15, -0.1) is 0 Å². The molecular formula is C27H37NO5Si. The lowest BCUT2D eigenvalue weighted by Gasteiger charge is -2.42. The zero-order valence-electron chi connectivity index (χ0n) is 21.1. The first-order chi connectivity index (χ1) is 15.9. The van der Waals surface area contributed by atoms with Crippen LogP contribution in [0.15, 0.2) is 60.7 Å². The molecule has 0 aromatic heterocycles. The van der Waals surface area contributed by atoms with E-state index in [-0.39, 0.29) is 5.92 Å². The van der Waals surface area contributed by atoms with E-state index in [9.17, 15) is 14.4 Å². The maximum Gasteiger partial charge on any atom is 0.411 e. The monoisotopic (exact) mass is 483 g/mol. The van der Waals surface area contributed by atoms with Crippen molar-refractivity contribution in [3.63, 3.8) is 0 Å². The zero-order valence-corrected chi connectivity index (χ0v) is 22.1. The molecule has 1 amide bonds. The molecule has 184 valence electrons. The van der Waals surface area contributed by atoms with Crippen molar-refractivity contribution in [3.05, 3.63) is 60.7 Å². The number of hydrogen-bond acceptors (Lipinski definition) is 5. The number of rotatable bonds is 6. The molecule has 1 aliphatic rings. The van der Waals surface area contributed by atoms with E-state index < -0.39 is 37.1 Å². The highest BCUT2D eigenvalue weighted by molar-refractivity contribution is 6.98. The summed E-state index contributed by atoms with van der Waals surface area (Å²) in [6.45, 7) is 10.00. The van der Waals surface area contributed by atoms with Crippen LogP contribution in [0.3, 0.4) is 0 Å². The number of methoxy groups -OCH3 is 1. The molecule has 1 aliphatic heterocycles. The Kier molecular flexibility index (Phi) is 7.58. The lowest BCUT2D eigenvalue weighted by Crippen LogP contribution is -2.65. The summed E-state index contributed by atoms with van der Waals surface area (Å²) in [6, 6.07) is 19.0. The van der Waals surface area contributed by atoms with Gasteiger partial charge in [-0.05, 0) is 54.9 Å². The molecule has 3 rings (SSSR count). The van der Waals surface area contributed by atoms with Crippen molar-refractivity contribution in [1.29, 1.82) is 0 Å². The van der Waals surface area contributed by atoms with Crippen LogP contribution in [0.1, 0.15) is 47.5 Å². The Labute approximate surface area is 204 Å². The Hall–Kier alpha value is -2.64. The van der Waals surface area contributed by atoms with Gasteiger partial charge in [0.2, 0.25) is 0 Å². The standard InChI is InChI=1S/C27H37NO5Si/c1-26(2,3)33-25(30)28-19-20(17-23(28)24(29)32-6)18-27(4,5)34(31,21-13-9-7-10-14-21)22-15-11-8-12-16-22/h7-16,20,23,31H,17-19H2,1-6H3/t20-,23-/m0/s1. The SMILES string of the molecule is COC(=O)[C@@H]1C[C@@H](CC(C)(C)[Si](O)(c2ccccc2)c2ccccc2)CN1C(=O)OC(C)(C)C. The smallest absolute Gasteiger partial charge is 0.411 e. The van der Waals surface area contributed by atoms with Crippen molar-refractivity contribution in [2.24, 2.45) is 5.92 Å². The van der Waals surface area contributed by atoms with Crippen LogP contribution in [0.25, 0.3) is 0 Å². The van der Waals surface area contributed by atoms with E-state index in [0.717, 1.165) is 10.4 Å². The van der Waals surface area contributed by atoms with Gasteiger partial charge in [0, 0.05) is 6.54 Å². The van der Waals surface area contributed by atoms with Gasteiger partial charge in [-0.25, -0.2) is 9.59 Å². The fraction of sp³-hybridized carbons (Fsp3) is 0.481. The van der Waals surface area contributed by atoms with Gasteiger partial charge in [0.15, 0.2) is 0 Å². The average Bonchev–Trinajstić information content (AvgIpc) is 3.21. The highest BCUT2D eigenvalue weighted by Crippen LogP contribution is 2.44. The van der Waals surface area contributed by atoms with Gasteiger partial charge in [-0.3, -0.25) is 4.90 Å². The van der Waals surface area contributed by atoms with Crippen LogP contribution in [0.4, 0.5) is 4.79 Å². The van der Waals surface area contributed by atoms with Crippen molar-refractivity contribution in [2.75, 3.05) is 13.7 Å². The number of ether oxygens (including phenoxy) is 2. The van der Waals surface area contributed by atoms with Gasteiger partial charge < -0.3 is 14.3 Å². The fourth-order valence-electron chi connectivity index (χ4n) is 5.13. The number of nitrogens with zero attached hydrogens (tertiary/aromatic N) is 1. The Bertz CT molecular complexity index is 948. The van der Waals surface area contributed by atoms with E-state index in [1.165, 1.54) is 12.0 Å². The molecule has 0 bridgehead atoms. The van der Waals surface area contributed by atoms with Gasteiger partial charge in [0.05, 0.1) is 7.11 Å². The molecule has 0 unspecified atom stereocenters. The highest BCUT2D eigenvalue weighted by Gasteiger charge is 2.52. The molecule has 0 saturated carbocycles. The minimum absolute atomic E-state index is 0.0121. The second-order valence-electron chi connectivity index (χ2n) is 10.8. The van der Waals surface area contributed by atoms with Crippen molar-refractivity contribution in [1.82, 2.24) is 4.90 Å². The number of amides is 1.